The van der Waals surface area contributed by atoms with Crippen LogP contribution in [0, 0.1) is 0 Å². The van der Waals surface area contributed by atoms with Gasteiger partial charge in [0.05, 0.1) is 5.56 Å². The van der Waals surface area contributed by atoms with Crippen molar-refractivity contribution < 1.29 is 27.8 Å². The minimum atomic E-state index is -4.35. The SMILES string of the molecule is CCOC(OCC)C(O)Cc1ccc(C(F)(F)F)cc1. The highest BCUT2D eigenvalue weighted by Gasteiger charge is 2.30. The van der Waals surface area contributed by atoms with Crippen LogP contribution in [0.5, 0.6) is 0 Å². The van der Waals surface area contributed by atoms with Crippen molar-refractivity contribution in [2.75, 3.05) is 13.2 Å². The molecule has 0 aliphatic heterocycles. The normalized spacial score (nSPS) is 13.8. The van der Waals surface area contributed by atoms with E-state index in [4.69, 9.17) is 9.47 Å². The number of aliphatic hydroxyl groups excluding tert-OH is 1. The first-order chi connectivity index (χ1) is 9.38. The van der Waals surface area contributed by atoms with E-state index in [1.807, 2.05) is 0 Å². The van der Waals surface area contributed by atoms with Gasteiger partial charge in [-0.25, -0.2) is 0 Å². The van der Waals surface area contributed by atoms with Gasteiger partial charge in [-0.2, -0.15) is 13.2 Å². The largest absolute Gasteiger partial charge is 0.416 e. The fourth-order valence-electron chi connectivity index (χ4n) is 1.77. The molecule has 1 unspecified atom stereocenters. The average Bonchev–Trinajstić information content (AvgIpc) is 2.38. The Morgan fingerprint density at radius 2 is 1.55 bits per heavy atom. The molecule has 0 saturated heterocycles. The fraction of sp³-hybridized carbons (Fsp3) is 0.571. The second-order valence-corrected chi connectivity index (χ2v) is 4.25. The summed E-state index contributed by atoms with van der Waals surface area (Å²) in [5, 5.41) is 9.98. The molecule has 1 atom stereocenters. The summed E-state index contributed by atoms with van der Waals surface area (Å²) in [6.07, 6.45) is -5.88. The number of halogens is 3. The Labute approximate surface area is 116 Å². The number of hydrogen-bond donors (Lipinski definition) is 1. The molecule has 0 fully saturated rings. The molecule has 1 aromatic rings. The van der Waals surface area contributed by atoms with Crippen LogP contribution in [-0.4, -0.2) is 30.7 Å². The molecule has 0 heterocycles. The molecule has 114 valence electrons. The lowest BCUT2D eigenvalue weighted by Crippen LogP contribution is -2.33. The van der Waals surface area contributed by atoms with E-state index >= 15 is 0 Å². The average molecular weight is 292 g/mol. The van der Waals surface area contributed by atoms with Crippen LogP contribution in [0.3, 0.4) is 0 Å². The Bertz CT molecular complexity index is 384. The first kappa shape index (κ1) is 16.9. The van der Waals surface area contributed by atoms with Crippen molar-refractivity contribution in [2.45, 2.75) is 38.8 Å². The van der Waals surface area contributed by atoms with Crippen molar-refractivity contribution in [1.29, 1.82) is 0 Å². The van der Waals surface area contributed by atoms with Crippen molar-refractivity contribution in [3.8, 4) is 0 Å². The van der Waals surface area contributed by atoms with Gasteiger partial charge in [0.2, 0.25) is 0 Å². The Kier molecular flexibility index (Phi) is 6.45. The molecule has 1 N–H and O–H groups in total. The maximum absolute atomic E-state index is 12.4. The highest BCUT2D eigenvalue weighted by Crippen LogP contribution is 2.29. The molecule has 0 spiro atoms. The lowest BCUT2D eigenvalue weighted by atomic mass is 10.1. The first-order valence-corrected chi connectivity index (χ1v) is 6.45. The quantitative estimate of drug-likeness (QED) is 0.785. The van der Waals surface area contributed by atoms with E-state index < -0.39 is 24.1 Å². The number of benzene rings is 1. The zero-order valence-corrected chi connectivity index (χ0v) is 11.5. The predicted molar refractivity (Wildman–Crippen MR) is 68.2 cm³/mol. The van der Waals surface area contributed by atoms with E-state index in [-0.39, 0.29) is 6.42 Å². The van der Waals surface area contributed by atoms with Gasteiger partial charge in [0.1, 0.15) is 6.10 Å². The summed E-state index contributed by atoms with van der Waals surface area (Å²) in [6.45, 7) is 4.32. The third-order valence-corrected chi connectivity index (χ3v) is 2.70. The molecule has 0 amide bonds. The Hall–Kier alpha value is -1.11. The van der Waals surface area contributed by atoms with Crippen LogP contribution in [0.15, 0.2) is 24.3 Å². The molecule has 1 rings (SSSR count). The second-order valence-electron chi connectivity index (χ2n) is 4.25. The Morgan fingerprint density at radius 1 is 1.05 bits per heavy atom. The molecule has 3 nitrogen and oxygen atoms in total. The lowest BCUT2D eigenvalue weighted by Gasteiger charge is -2.22. The summed E-state index contributed by atoms with van der Waals surface area (Å²) in [6, 6.07) is 4.69. The van der Waals surface area contributed by atoms with E-state index in [0.29, 0.717) is 18.8 Å². The smallest absolute Gasteiger partial charge is 0.387 e. The van der Waals surface area contributed by atoms with Crippen molar-refractivity contribution >= 4 is 0 Å². The molecule has 1 aromatic carbocycles. The fourth-order valence-corrected chi connectivity index (χ4v) is 1.77. The van der Waals surface area contributed by atoms with E-state index in [2.05, 4.69) is 0 Å². The monoisotopic (exact) mass is 292 g/mol. The van der Waals surface area contributed by atoms with Gasteiger partial charge in [-0.15, -0.1) is 0 Å². The number of ether oxygens (including phenoxy) is 2. The molecule has 0 radical (unpaired) electrons. The van der Waals surface area contributed by atoms with Crippen molar-refractivity contribution in [2.24, 2.45) is 0 Å². The molecular weight excluding hydrogens is 273 g/mol. The van der Waals surface area contributed by atoms with Crippen molar-refractivity contribution in [1.82, 2.24) is 0 Å². The molecule has 0 aromatic heterocycles. The van der Waals surface area contributed by atoms with Gasteiger partial charge in [-0.1, -0.05) is 12.1 Å². The number of hydrogen-bond acceptors (Lipinski definition) is 3. The first-order valence-electron chi connectivity index (χ1n) is 6.45. The maximum Gasteiger partial charge on any atom is 0.416 e. The molecule has 20 heavy (non-hydrogen) atoms. The molecule has 0 bridgehead atoms. The molecule has 0 saturated carbocycles. The highest BCUT2D eigenvalue weighted by atomic mass is 19.4. The van der Waals surface area contributed by atoms with Gasteiger partial charge in [0.25, 0.3) is 0 Å². The van der Waals surface area contributed by atoms with Gasteiger partial charge in [-0.3, -0.25) is 0 Å². The van der Waals surface area contributed by atoms with Gasteiger partial charge in [0.15, 0.2) is 6.29 Å². The van der Waals surface area contributed by atoms with Gasteiger partial charge in [0, 0.05) is 19.6 Å². The molecular formula is C14H19F3O3. The van der Waals surface area contributed by atoms with Crippen molar-refractivity contribution in [3.05, 3.63) is 35.4 Å². The van der Waals surface area contributed by atoms with Crippen LogP contribution >= 0.6 is 0 Å². The summed E-state index contributed by atoms with van der Waals surface area (Å²) in [5.74, 6) is 0. The minimum absolute atomic E-state index is 0.169. The van der Waals surface area contributed by atoms with E-state index in [0.717, 1.165) is 12.1 Å². The van der Waals surface area contributed by atoms with Gasteiger partial charge in [-0.05, 0) is 31.5 Å². The predicted octanol–water partition coefficient (Wildman–Crippen LogP) is 3.01. The highest BCUT2D eigenvalue weighted by molar-refractivity contribution is 5.25. The summed E-state index contributed by atoms with van der Waals surface area (Å²) in [5.41, 5.74) is -0.114. The van der Waals surface area contributed by atoms with Gasteiger partial charge < -0.3 is 14.6 Å². The zero-order chi connectivity index (χ0) is 15.2. The standard InChI is InChI=1S/C14H19F3O3/c1-3-19-13(20-4-2)12(18)9-10-5-7-11(8-6-10)14(15,16)17/h5-8,12-13,18H,3-4,9H2,1-2H3. The summed E-state index contributed by atoms with van der Waals surface area (Å²) >= 11 is 0. The molecule has 6 heteroatoms. The Balaban J connectivity index is 2.67. The second kappa shape index (κ2) is 7.61. The summed E-state index contributed by atoms with van der Waals surface area (Å²) < 4.78 is 47.7. The zero-order valence-electron chi connectivity index (χ0n) is 11.5. The minimum Gasteiger partial charge on any atom is -0.387 e. The maximum atomic E-state index is 12.4. The van der Waals surface area contributed by atoms with Gasteiger partial charge >= 0.3 is 6.18 Å². The third kappa shape index (κ3) is 5.11. The summed E-state index contributed by atoms with van der Waals surface area (Å²) in [4.78, 5) is 0. The molecule has 0 aliphatic carbocycles. The summed E-state index contributed by atoms with van der Waals surface area (Å²) in [7, 11) is 0. The van der Waals surface area contributed by atoms with Crippen LogP contribution in [0.1, 0.15) is 25.0 Å². The van der Waals surface area contributed by atoms with Crippen LogP contribution in [0.25, 0.3) is 0 Å². The van der Waals surface area contributed by atoms with Crippen LogP contribution in [0.2, 0.25) is 0 Å². The van der Waals surface area contributed by atoms with Crippen LogP contribution in [0.4, 0.5) is 13.2 Å². The van der Waals surface area contributed by atoms with Crippen molar-refractivity contribution in [3.63, 3.8) is 0 Å². The topological polar surface area (TPSA) is 38.7 Å². The lowest BCUT2D eigenvalue weighted by molar-refractivity contribution is -0.188. The van der Waals surface area contributed by atoms with E-state index in [9.17, 15) is 18.3 Å². The van der Waals surface area contributed by atoms with Crippen LogP contribution in [-0.2, 0) is 22.1 Å². The molecule has 0 aliphatic rings. The van der Waals surface area contributed by atoms with Crippen LogP contribution < -0.4 is 0 Å². The third-order valence-electron chi connectivity index (χ3n) is 2.70. The number of alkyl halides is 3. The Morgan fingerprint density at radius 3 is 1.95 bits per heavy atom. The van der Waals surface area contributed by atoms with E-state index in [1.165, 1.54) is 12.1 Å². The number of rotatable bonds is 7. The van der Waals surface area contributed by atoms with E-state index in [1.54, 1.807) is 13.8 Å². The number of aliphatic hydroxyl groups is 1.